The Hall–Kier alpha value is -13.5. The summed E-state index contributed by atoms with van der Waals surface area (Å²) in [7, 11) is 0. The third-order valence-corrected chi connectivity index (χ3v) is 19.4. The van der Waals surface area contributed by atoms with E-state index in [2.05, 4.69) is 110 Å². The summed E-state index contributed by atoms with van der Waals surface area (Å²) in [6.07, 6.45) is 0.412. The fourth-order valence-electron chi connectivity index (χ4n) is 11.4. The summed E-state index contributed by atoms with van der Waals surface area (Å²) < 4.78 is 0. The number of aromatic nitrogens is 4. The Morgan fingerprint density at radius 1 is 0.392 bits per heavy atom. The van der Waals surface area contributed by atoms with Gasteiger partial charge < -0.3 is 144 Å². The lowest BCUT2D eigenvalue weighted by molar-refractivity contribution is -0.142. The maximum Gasteiger partial charge on any atom is 0.326 e. The Morgan fingerprint density at radius 2 is 0.752 bits per heavy atom. The van der Waals surface area contributed by atoms with E-state index in [4.69, 9.17) is 28.3 Å². The van der Waals surface area contributed by atoms with Crippen molar-refractivity contribution in [2.75, 3.05) is 19.7 Å². The van der Waals surface area contributed by atoms with Gasteiger partial charge in [0.1, 0.15) is 90.6 Å². The molecule has 0 bridgehead atoms. The van der Waals surface area contributed by atoms with Gasteiger partial charge in [0.2, 0.25) is 106 Å². The van der Waals surface area contributed by atoms with E-state index in [0.29, 0.717) is 12.1 Å². The van der Waals surface area contributed by atoms with Gasteiger partial charge in [-0.1, -0.05) is 54.4 Å². The first-order valence-corrected chi connectivity index (χ1v) is 40.0. The van der Waals surface area contributed by atoms with Crippen molar-refractivity contribution >= 4 is 130 Å². The third-order valence-electron chi connectivity index (χ3n) is 19.4. The van der Waals surface area contributed by atoms with E-state index in [9.17, 15) is 121 Å². The van der Waals surface area contributed by atoms with E-state index in [1.54, 1.807) is 20.8 Å². The van der Waals surface area contributed by atoms with Gasteiger partial charge in [-0.3, -0.25) is 101 Å². The normalized spacial score (nSPS) is 15.3. The van der Waals surface area contributed by atoms with E-state index < -0.39 is 291 Å². The van der Waals surface area contributed by atoms with Gasteiger partial charge in [0.05, 0.1) is 38.3 Å². The molecule has 696 valence electrons. The molecular weight excluding hydrogens is 1650 g/mol. The number of H-pyrrole nitrogens is 2. The van der Waals surface area contributed by atoms with E-state index in [0.717, 1.165) is 13.8 Å². The number of carboxylic acids is 3. The minimum atomic E-state index is -1.98. The summed E-state index contributed by atoms with van der Waals surface area (Å²) in [5.74, 6) is -25.5. The lowest BCUT2D eigenvalue weighted by Crippen LogP contribution is -2.61. The number of imidazole rings is 2. The van der Waals surface area contributed by atoms with Gasteiger partial charge in [0, 0.05) is 62.4 Å². The van der Waals surface area contributed by atoms with Gasteiger partial charge >= 0.3 is 17.9 Å². The highest BCUT2D eigenvalue weighted by Gasteiger charge is 2.39. The van der Waals surface area contributed by atoms with Crippen molar-refractivity contribution in [2.24, 2.45) is 40.7 Å². The average Bonchev–Trinajstić information content (AvgIpc) is 1.07. The Balaban J connectivity index is 2.31. The van der Waals surface area contributed by atoms with Crippen molar-refractivity contribution < 1.29 is 121 Å². The fourth-order valence-corrected chi connectivity index (χ4v) is 11.4. The Kier molecular flexibility index (Phi) is 46.5. The van der Waals surface area contributed by atoms with Crippen molar-refractivity contribution in [3.05, 3.63) is 36.4 Å². The highest BCUT2D eigenvalue weighted by atomic mass is 16.4. The number of carboxylic acid groups (broad SMARTS) is 3. The van der Waals surface area contributed by atoms with Crippen LogP contribution in [0.2, 0.25) is 0 Å². The number of primary amides is 2. The lowest BCUT2D eigenvalue weighted by atomic mass is 9.96. The zero-order valence-corrected chi connectivity index (χ0v) is 71.2. The molecule has 0 saturated carbocycles. The van der Waals surface area contributed by atoms with Crippen LogP contribution in [-0.2, 0) is 114 Å². The lowest BCUT2D eigenvalue weighted by Gasteiger charge is -2.29. The van der Waals surface area contributed by atoms with Crippen LogP contribution in [0.5, 0.6) is 0 Å². The van der Waals surface area contributed by atoms with Crippen LogP contribution < -0.4 is 113 Å². The predicted octanol–water partition coefficient (Wildman–Crippen LogP) is -10.3. The molecule has 2 aromatic rings. The number of guanidine groups is 1. The van der Waals surface area contributed by atoms with Crippen molar-refractivity contribution in [2.45, 2.75) is 256 Å². The highest BCUT2D eigenvalue weighted by Crippen LogP contribution is 2.15. The van der Waals surface area contributed by atoms with Crippen LogP contribution in [0.15, 0.2) is 25.0 Å². The number of amides is 18. The van der Waals surface area contributed by atoms with E-state index >= 15 is 0 Å². The Bertz CT molecular complexity index is 4090. The molecule has 0 aliphatic rings. The SMILES string of the molecule is CC[C@@H](C)[C@H](N)C(=O)N[C@H](CO)C(=O)N[C@H](CCC(N)=O)C(=O)N[C@@H](C)C(=O)N[C@H](C(=O)N[C@H](Cc1cnc[nH]1)C(=O)N[C@@H](C)C(=O)N[C@@H](C)C(=O)N[C@H](Cc1cnc[nH]1)C(=O)N[C@@H](C)C(=O)N[C@@H](CCC(=O)O)C(=O)N[C@H](C(=O)N[C@@H](CC(N)=O)C(=O)N[C@H](CCC(=O)O)C(=O)N[C@H](C)C(=O)NCC(=O)N[C@@H](CCCNC(=N)N)C(=O)O)[C@H](C)CC)C(C)C. The largest absolute Gasteiger partial charge is 0.481 e. The number of hydrogen-bond donors (Lipinski definition) is 28. The van der Waals surface area contributed by atoms with E-state index in [1.165, 1.54) is 66.6 Å². The van der Waals surface area contributed by atoms with Crippen molar-refractivity contribution in [3.63, 3.8) is 0 Å². The number of aliphatic hydroxyl groups is 1. The average molecular weight is 1770 g/mol. The molecule has 0 aliphatic heterocycles. The maximum atomic E-state index is 14.3. The summed E-state index contributed by atoms with van der Waals surface area (Å²) in [4.78, 5) is 293. The molecule has 32 N–H and O–H groups in total. The number of nitrogens with zero attached hydrogens (tertiary/aromatic N) is 2. The van der Waals surface area contributed by atoms with Crippen LogP contribution in [-0.4, -0.2) is 287 Å². The number of hydrogen-bond acceptors (Lipinski definition) is 26. The van der Waals surface area contributed by atoms with Gasteiger partial charge in [-0.05, 0) is 84.5 Å². The second-order valence-electron chi connectivity index (χ2n) is 30.0. The number of carbonyl (C=O) groups excluding carboxylic acids is 18. The van der Waals surface area contributed by atoms with Crippen LogP contribution >= 0.6 is 0 Å². The number of aliphatic carboxylic acids is 3. The molecule has 0 saturated heterocycles. The van der Waals surface area contributed by atoms with Crippen LogP contribution in [0.1, 0.15) is 158 Å². The molecule has 0 unspecified atom stereocenters. The molecule has 0 radical (unpaired) electrons. The Morgan fingerprint density at radius 3 is 1.16 bits per heavy atom. The van der Waals surface area contributed by atoms with Crippen LogP contribution in [0.3, 0.4) is 0 Å². The van der Waals surface area contributed by atoms with Crippen LogP contribution in [0.25, 0.3) is 0 Å². The van der Waals surface area contributed by atoms with E-state index in [-0.39, 0.29) is 56.2 Å². The van der Waals surface area contributed by atoms with Crippen molar-refractivity contribution in [3.8, 4) is 0 Å². The van der Waals surface area contributed by atoms with Crippen LogP contribution in [0.4, 0.5) is 0 Å². The number of nitrogens with one attached hydrogen (secondary N) is 20. The highest BCUT2D eigenvalue weighted by molar-refractivity contribution is 6.02. The molecule has 2 heterocycles. The van der Waals surface area contributed by atoms with Gasteiger partial charge in [0.15, 0.2) is 5.96 Å². The molecule has 0 fully saturated rings. The second-order valence-corrected chi connectivity index (χ2v) is 30.0. The molecule has 0 spiro atoms. The molecule has 51 heteroatoms. The van der Waals surface area contributed by atoms with Crippen molar-refractivity contribution in [1.29, 1.82) is 5.41 Å². The van der Waals surface area contributed by atoms with E-state index in [1.807, 2.05) is 0 Å². The quantitative estimate of drug-likeness (QED) is 0.0166. The molecule has 0 aromatic carbocycles. The summed E-state index contributed by atoms with van der Waals surface area (Å²) in [5.41, 5.74) is 22.5. The first-order valence-electron chi connectivity index (χ1n) is 40.0. The molecule has 2 aromatic heterocycles. The monoisotopic (exact) mass is 1770 g/mol. The summed E-state index contributed by atoms with van der Waals surface area (Å²) >= 11 is 0. The number of aromatic amines is 2. The minimum absolute atomic E-state index is 0.0895. The molecule has 18 amide bonds. The van der Waals surface area contributed by atoms with Gasteiger partial charge in [-0.25, -0.2) is 14.8 Å². The molecular formula is C74H120N26O25. The summed E-state index contributed by atoms with van der Waals surface area (Å²) in [5, 5.41) is 86.1. The zero-order chi connectivity index (χ0) is 94.8. The second kappa shape index (κ2) is 54.1. The smallest absolute Gasteiger partial charge is 0.326 e. The van der Waals surface area contributed by atoms with Gasteiger partial charge in [-0.2, -0.15) is 0 Å². The standard InChI is InChI=1S/C74H120N26O25/c1-12-33(5)55(77)70(121)98-49(29-101)69(120)94-42(16-19-50(75)102)63(114)88-39(11)62(113)99-56(32(3)4)71(122)96-47(24-41-27-81-31-85-41)67(118)89-36(8)59(110)86-37(9)61(112)95-46(23-40-26-80-30-84-40)66(117)90-38(10)60(111)92-44(18-21-54(107)108)65(116)100-57(34(6)13-2)72(123)97-48(25-51(76)103)68(119)93-43(17-20-53(105)106)64(115)87-35(7)58(109)83-28-52(104)91-45(73(124)125)15-14-22-82-74(78)79/h26-27,30-39,42-49,55-57,101H,12-25,28-29,77H2,1-11H3,(H2,75,102)(H2,76,103)(H,80,84)(H,81,85)(H,83,109)(H,86,110)(H,87,115)(H,88,114)(H,89,118)(H,90,117)(H,91,104)(H,92,111)(H,93,119)(H,94,120)(H,95,112)(H,96,122)(H,97,123)(H,98,121)(H,99,113)(H,100,116)(H,105,106)(H,107,108)(H,124,125)(H4,78,79,82)/t33-,34-,35-,36+,37+,38+,39+,42-,43-,44+,45+,46-,47-,48+,49-,55+,56+,57+/m1/s1. The first-order chi connectivity index (χ1) is 58.5. The Labute approximate surface area is 717 Å². The molecule has 0 aliphatic carbocycles. The maximum absolute atomic E-state index is 14.3. The number of carbonyl (C=O) groups is 21. The third kappa shape index (κ3) is 39.5. The minimum Gasteiger partial charge on any atom is -0.481 e. The number of rotatable bonds is 58. The summed E-state index contributed by atoms with van der Waals surface area (Å²) in [6.45, 7) is 13.9. The van der Waals surface area contributed by atoms with Gasteiger partial charge in [0.25, 0.3) is 0 Å². The topological polar surface area (TPSA) is 829 Å². The zero-order valence-electron chi connectivity index (χ0n) is 71.2. The fraction of sp³-hybridized carbons (Fsp3) is 0.622. The first kappa shape index (κ1) is 108. The predicted molar refractivity (Wildman–Crippen MR) is 436 cm³/mol. The van der Waals surface area contributed by atoms with Gasteiger partial charge in [-0.15, -0.1) is 0 Å². The number of nitrogens with two attached hydrogens (primary N) is 4. The molecule has 18 atom stereocenters. The van der Waals surface area contributed by atoms with Crippen LogP contribution in [0, 0.1) is 23.2 Å². The van der Waals surface area contributed by atoms with Crippen molar-refractivity contribution in [1.82, 2.24) is 110 Å². The number of aliphatic hydroxyl groups excluding tert-OH is 1. The summed E-state index contributed by atoms with van der Waals surface area (Å²) in [6, 6.07) is -25.1. The molecule has 2 rings (SSSR count). The molecule has 125 heavy (non-hydrogen) atoms. The molecule has 51 nitrogen and oxygen atoms in total.